The predicted octanol–water partition coefficient (Wildman–Crippen LogP) is 3.07. The van der Waals surface area contributed by atoms with Crippen LogP contribution in [0.5, 0.6) is 0 Å². The number of hydrogen-bond donors (Lipinski definition) is 1. The van der Waals surface area contributed by atoms with Crippen LogP contribution >= 0.6 is 11.8 Å². The van der Waals surface area contributed by atoms with Crippen molar-refractivity contribution in [3.63, 3.8) is 0 Å². The summed E-state index contributed by atoms with van der Waals surface area (Å²) in [4.78, 5) is 0. The Morgan fingerprint density at radius 1 is 1.46 bits per heavy atom. The van der Waals surface area contributed by atoms with Crippen LogP contribution in [0.15, 0.2) is 12.7 Å². The summed E-state index contributed by atoms with van der Waals surface area (Å²) in [5.74, 6) is 1.15. The van der Waals surface area contributed by atoms with Crippen molar-refractivity contribution < 1.29 is 0 Å². The first kappa shape index (κ1) is 13.1. The lowest BCUT2D eigenvalue weighted by Crippen LogP contribution is -2.30. The van der Waals surface area contributed by atoms with Gasteiger partial charge < -0.3 is 5.32 Å². The Labute approximate surface area is 87.4 Å². The first-order valence-electron chi connectivity index (χ1n) is 5.22. The van der Waals surface area contributed by atoms with E-state index in [1.807, 2.05) is 17.8 Å². The molecule has 2 heteroatoms. The second-order valence-corrected chi connectivity index (χ2v) is 4.82. The largest absolute Gasteiger partial charge is 0.310 e. The minimum absolute atomic E-state index is 0.485. The van der Waals surface area contributed by atoms with E-state index in [1.54, 1.807) is 0 Å². The summed E-state index contributed by atoms with van der Waals surface area (Å²) in [7, 11) is 0. The molecular formula is C11H23NS. The van der Waals surface area contributed by atoms with E-state index in [-0.39, 0.29) is 0 Å². The third kappa shape index (κ3) is 7.15. The zero-order valence-corrected chi connectivity index (χ0v) is 9.99. The quantitative estimate of drug-likeness (QED) is 0.606. The van der Waals surface area contributed by atoms with Crippen molar-refractivity contribution in [2.24, 2.45) is 0 Å². The molecule has 0 saturated heterocycles. The van der Waals surface area contributed by atoms with Gasteiger partial charge in [-0.25, -0.2) is 0 Å². The molecule has 0 amide bonds. The minimum atomic E-state index is 0.485. The average molecular weight is 201 g/mol. The molecule has 0 saturated carbocycles. The van der Waals surface area contributed by atoms with Crippen molar-refractivity contribution in [1.82, 2.24) is 5.32 Å². The molecule has 0 aliphatic rings. The third-order valence-corrected chi connectivity index (χ3v) is 3.53. The van der Waals surface area contributed by atoms with Gasteiger partial charge in [-0.1, -0.05) is 26.8 Å². The second kappa shape index (κ2) is 8.64. The van der Waals surface area contributed by atoms with Crippen molar-refractivity contribution in [3.05, 3.63) is 12.7 Å². The van der Waals surface area contributed by atoms with E-state index < -0.39 is 0 Å². The highest BCUT2D eigenvalue weighted by atomic mass is 32.2. The normalized spacial score (nSPS) is 15.3. The molecule has 78 valence electrons. The summed E-state index contributed by atoms with van der Waals surface area (Å²) in [5, 5.41) is 4.23. The van der Waals surface area contributed by atoms with Crippen LogP contribution in [0.25, 0.3) is 0 Å². The Kier molecular flexibility index (Phi) is 8.67. The van der Waals surface area contributed by atoms with Gasteiger partial charge in [0.2, 0.25) is 0 Å². The van der Waals surface area contributed by atoms with Crippen LogP contribution in [-0.4, -0.2) is 23.6 Å². The molecule has 13 heavy (non-hydrogen) atoms. The van der Waals surface area contributed by atoms with Gasteiger partial charge in [0, 0.05) is 17.0 Å². The highest BCUT2D eigenvalue weighted by Gasteiger charge is 2.05. The highest BCUT2D eigenvalue weighted by molar-refractivity contribution is 7.99. The zero-order valence-electron chi connectivity index (χ0n) is 9.18. The van der Waals surface area contributed by atoms with Gasteiger partial charge in [0.1, 0.15) is 0 Å². The lowest BCUT2D eigenvalue weighted by molar-refractivity contribution is 0.630. The maximum atomic E-state index is 3.84. The van der Waals surface area contributed by atoms with Crippen LogP contribution < -0.4 is 5.32 Å². The first-order valence-corrected chi connectivity index (χ1v) is 6.27. The van der Waals surface area contributed by atoms with E-state index in [0.717, 1.165) is 17.5 Å². The van der Waals surface area contributed by atoms with Gasteiger partial charge in [-0.15, -0.1) is 6.58 Å². The fourth-order valence-corrected chi connectivity index (χ4v) is 1.95. The van der Waals surface area contributed by atoms with Crippen molar-refractivity contribution in [2.45, 2.75) is 44.9 Å². The van der Waals surface area contributed by atoms with Gasteiger partial charge in [0.05, 0.1) is 0 Å². The number of hydrogen-bond acceptors (Lipinski definition) is 2. The minimum Gasteiger partial charge on any atom is -0.310 e. The van der Waals surface area contributed by atoms with E-state index in [1.165, 1.54) is 12.8 Å². The van der Waals surface area contributed by atoms with Crippen molar-refractivity contribution in [3.8, 4) is 0 Å². The molecule has 0 fully saturated rings. The maximum absolute atomic E-state index is 3.84. The summed E-state index contributed by atoms with van der Waals surface area (Å²) in [6, 6.07) is 0.485. The number of thioether (sulfide) groups is 1. The molecular weight excluding hydrogens is 178 g/mol. The Hall–Kier alpha value is 0.0500. The summed E-state index contributed by atoms with van der Waals surface area (Å²) in [6.45, 7) is 11.6. The molecule has 2 atom stereocenters. The fraction of sp³-hybridized carbons (Fsp3) is 0.818. The molecule has 0 aromatic heterocycles. The van der Waals surface area contributed by atoms with Crippen LogP contribution in [0.3, 0.4) is 0 Å². The molecule has 2 unspecified atom stereocenters. The summed E-state index contributed by atoms with van der Waals surface area (Å²) >= 11 is 2.03. The molecule has 0 bridgehead atoms. The van der Waals surface area contributed by atoms with Gasteiger partial charge in [-0.05, 0) is 19.4 Å². The van der Waals surface area contributed by atoms with E-state index in [0.29, 0.717) is 6.04 Å². The van der Waals surface area contributed by atoms with Gasteiger partial charge in [-0.2, -0.15) is 11.8 Å². The van der Waals surface area contributed by atoms with Crippen LogP contribution in [-0.2, 0) is 0 Å². The molecule has 0 spiro atoms. The average Bonchev–Trinajstić information content (AvgIpc) is 2.17. The molecule has 1 N–H and O–H groups in total. The predicted molar refractivity (Wildman–Crippen MR) is 64.5 cm³/mol. The lowest BCUT2D eigenvalue weighted by atomic mass is 10.3. The SMILES string of the molecule is C=CC(CSC(C)CC)NCCC. The Balaban J connectivity index is 3.52. The van der Waals surface area contributed by atoms with Gasteiger partial charge >= 0.3 is 0 Å². The van der Waals surface area contributed by atoms with E-state index >= 15 is 0 Å². The summed E-state index contributed by atoms with van der Waals surface area (Å²) < 4.78 is 0. The maximum Gasteiger partial charge on any atom is 0.0338 e. The van der Waals surface area contributed by atoms with Gasteiger partial charge in [-0.3, -0.25) is 0 Å². The first-order chi connectivity index (χ1) is 6.24. The van der Waals surface area contributed by atoms with Gasteiger partial charge in [0.25, 0.3) is 0 Å². The monoisotopic (exact) mass is 201 g/mol. The molecule has 0 heterocycles. The summed E-state index contributed by atoms with van der Waals surface area (Å²) in [5.41, 5.74) is 0. The van der Waals surface area contributed by atoms with Crippen LogP contribution in [0.1, 0.15) is 33.6 Å². The van der Waals surface area contributed by atoms with E-state index in [4.69, 9.17) is 0 Å². The molecule has 0 aromatic rings. The van der Waals surface area contributed by atoms with Crippen molar-refractivity contribution in [1.29, 1.82) is 0 Å². The topological polar surface area (TPSA) is 12.0 Å². The molecule has 0 aliphatic carbocycles. The molecule has 0 aliphatic heterocycles. The summed E-state index contributed by atoms with van der Waals surface area (Å²) in [6.07, 6.45) is 4.46. The van der Waals surface area contributed by atoms with Gasteiger partial charge in [0.15, 0.2) is 0 Å². The second-order valence-electron chi connectivity index (χ2n) is 3.35. The lowest BCUT2D eigenvalue weighted by Gasteiger charge is -2.16. The van der Waals surface area contributed by atoms with Crippen LogP contribution in [0, 0.1) is 0 Å². The smallest absolute Gasteiger partial charge is 0.0338 e. The molecule has 0 aromatic carbocycles. The van der Waals surface area contributed by atoms with E-state index in [2.05, 4.69) is 32.7 Å². The standard InChI is InChI=1S/C11H23NS/c1-5-8-12-11(7-3)9-13-10(4)6-2/h7,10-12H,3,5-6,8-9H2,1-2,4H3. The van der Waals surface area contributed by atoms with Crippen molar-refractivity contribution in [2.75, 3.05) is 12.3 Å². The molecule has 0 radical (unpaired) electrons. The molecule has 1 nitrogen and oxygen atoms in total. The Bertz CT molecular complexity index is 125. The van der Waals surface area contributed by atoms with Crippen LogP contribution in [0.2, 0.25) is 0 Å². The fourth-order valence-electron chi connectivity index (χ4n) is 0.926. The number of rotatable bonds is 8. The molecule has 0 rings (SSSR count). The van der Waals surface area contributed by atoms with Crippen molar-refractivity contribution >= 4 is 11.8 Å². The Morgan fingerprint density at radius 3 is 2.62 bits per heavy atom. The number of nitrogens with one attached hydrogen (secondary N) is 1. The van der Waals surface area contributed by atoms with Crippen LogP contribution in [0.4, 0.5) is 0 Å². The third-order valence-electron chi connectivity index (χ3n) is 2.08. The highest BCUT2D eigenvalue weighted by Crippen LogP contribution is 2.14. The Morgan fingerprint density at radius 2 is 2.15 bits per heavy atom. The van der Waals surface area contributed by atoms with E-state index in [9.17, 15) is 0 Å². The zero-order chi connectivity index (χ0) is 10.1.